The average Bonchev–Trinajstić information content (AvgIpc) is 3.38. The third kappa shape index (κ3) is 6.44. The minimum absolute atomic E-state index is 1.00. The SMILES string of the molecule is c1ccc2cc(-c3ccc4c(ccc5cc(N(c6ccc(-c7ccc8ncc9ccccc9c8c7)cc6)c6ccc(-c7ccc8ncc9ccccc9c8c7)cc6)ccc54)c3)ccc2c1. The Kier molecular flexibility index (Phi) is 8.53. The van der Waals surface area contributed by atoms with E-state index >= 15 is 0 Å². The number of anilines is 3. The van der Waals surface area contributed by atoms with Crippen molar-refractivity contribution >= 4 is 92.7 Å². The van der Waals surface area contributed by atoms with Crippen LogP contribution in [0, 0.1) is 0 Å². The zero-order chi connectivity index (χ0) is 42.8. The Morgan fingerprint density at radius 2 is 0.615 bits per heavy atom. The molecule has 0 amide bonds. The molecule has 2 aromatic heterocycles. The summed E-state index contributed by atoms with van der Waals surface area (Å²) in [6.45, 7) is 0. The van der Waals surface area contributed by atoms with Gasteiger partial charge in [-0.2, -0.15) is 0 Å². The molecule has 0 saturated carbocycles. The monoisotopic (exact) mass is 825 g/mol. The van der Waals surface area contributed by atoms with E-state index in [-0.39, 0.29) is 0 Å². The van der Waals surface area contributed by atoms with Crippen molar-refractivity contribution in [3.63, 3.8) is 0 Å². The molecule has 65 heavy (non-hydrogen) atoms. The van der Waals surface area contributed by atoms with Gasteiger partial charge in [-0.3, -0.25) is 9.97 Å². The molecule has 0 aliphatic rings. The molecule has 0 fully saturated rings. The summed E-state index contributed by atoms with van der Waals surface area (Å²) in [5, 5.41) is 14.5. The highest BCUT2D eigenvalue weighted by molar-refractivity contribution is 6.11. The standard InChI is InChI=1S/C62H39N3/c1-2-8-43-33-44(14-13-40(43)7-1)45-21-29-57-48(34-45)15-16-49-35-54(28-30-58(49)57)65(52-24-17-41(18-25-52)46-22-31-61-59(36-46)55-11-5-3-9-50(55)38-63-61)53-26-19-42(20-27-53)47-23-32-62-60(37-47)56-12-6-4-10-51(56)39-64-62/h1-39H. The van der Waals surface area contributed by atoms with Gasteiger partial charge in [0.1, 0.15) is 0 Å². The zero-order valence-electron chi connectivity index (χ0n) is 35.4. The fourth-order valence-electron chi connectivity index (χ4n) is 9.88. The number of benzene rings is 11. The molecule has 0 aliphatic heterocycles. The maximum Gasteiger partial charge on any atom is 0.0708 e. The zero-order valence-corrected chi connectivity index (χ0v) is 35.4. The molecule has 0 saturated heterocycles. The number of aromatic nitrogens is 2. The Morgan fingerprint density at radius 1 is 0.231 bits per heavy atom. The quantitative estimate of drug-likeness (QED) is 0.156. The lowest BCUT2D eigenvalue weighted by Crippen LogP contribution is -2.09. The Bertz CT molecular complexity index is 3840. The van der Waals surface area contributed by atoms with Gasteiger partial charge in [0.15, 0.2) is 0 Å². The van der Waals surface area contributed by atoms with Gasteiger partial charge in [0.05, 0.1) is 11.0 Å². The first-order valence-electron chi connectivity index (χ1n) is 22.2. The lowest BCUT2D eigenvalue weighted by molar-refractivity contribution is 1.29. The maximum absolute atomic E-state index is 4.75. The molecular formula is C62H39N3. The first-order valence-corrected chi connectivity index (χ1v) is 22.2. The minimum Gasteiger partial charge on any atom is -0.310 e. The van der Waals surface area contributed by atoms with Crippen LogP contribution in [0.5, 0.6) is 0 Å². The Morgan fingerprint density at radius 3 is 1.20 bits per heavy atom. The van der Waals surface area contributed by atoms with Gasteiger partial charge in [-0.05, 0) is 149 Å². The Labute approximate surface area is 376 Å². The first-order chi connectivity index (χ1) is 32.2. The Hall–Kier alpha value is -8.66. The van der Waals surface area contributed by atoms with Gasteiger partial charge in [0, 0.05) is 51.0 Å². The van der Waals surface area contributed by atoms with Crippen LogP contribution in [0.1, 0.15) is 0 Å². The van der Waals surface area contributed by atoms with Crippen LogP contribution in [0.2, 0.25) is 0 Å². The fraction of sp³-hybridized carbons (Fsp3) is 0. The maximum atomic E-state index is 4.75. The molecule has 11 aromatic carbocycles. The summed E-state index contributed by atoms with van der Waals surface area (Å²) in [4.78, 5) is 11.9. The van der Waals surface area contributed by atoms with Crippen molar-refractivity contribution in [1.29, 1.82) is 0 Å². The number of nitrogens with zero attached hydrogens (tertiary/aromatic N) is 3. The number of fused-ring (bicyclic) bond motifs is 10. The summed E-state index contributed by atoms with van der Waals surface area (Å²) >= 11 is 0. The van der Waals surface area contributed by atoms with Gasteiger partial charge >= 0.3 is 0 Å². The molecule has 13 aromatic rings. The van der Waals surface area contributed by atoms with E-state index in [1.54, 1.807) is 0 Å². The summed E-state index contributed by atoms with van der Waals surface area (Å²) in [5.74, 6) is 0. The van der Waals surface area contributed by atoms with E-state index in [1.165, 1.54) is 54.2 Å². The van der Waals surface area contributed by atoms with Crippen LogP contribution in [-0.2, 0) is 0 Å². The van der Waals surface area contributed by atoms with Crippen LogP contribution < -0.4 is 4.90 Å². The van der Waals surface area contributed by atoms with Gasteiger partial charge in [-0.1, -0.05) is 152 Å². The molecule has 302 valence electrons. The molecule has 3 nitrogen and oxygen atoms in total. The summed E-state index contributed by atoms with van der Waals surface area (Å²) < 4.78 is 0. The van der Waals surface area contributed by atoms with E-state index in [4.69, 9.17) is 9.97 Å². The molecule has 0 bridgehead atoms. The fourth-order valence-corrected chi connectivity index (χ4v) is 9.88. The van der Waals surface area contributed by atoms with Crippen molar-refractivity contribution in [3.05, 3.63) is 237 Å². The molecule has 0 N–H and O–H groups in total. The second-order valence-corrected chi connectivity index (χ2v) is 17.1. The van der Waals surface area contributed by atoms with Crippen molar-refractivity contribution < 1.29 is 0 Å². The topological polar surface area (TPSA) is 29.0 Å². The molecular weight excluding hydrogens is 787 g/mol. The van der Waals surface area contributed by atoms with Crippen LogP contribution >= 0.6 is 0 Å². The minimum atomic E-state index is 1.00. The lowest BCUT2D eigenvalue weighted by Gasteiger charge is -2.26. The molecule has 0 radical (unpaired) electrons. The van der Waals surface area contributed by atoms with E-state index in [0.29, 0.717) is 0 Å². The van der Waals surface area contributed by atoms with Crippen LogP contribution in [0.15, 0.2) is 237 Å². The van der Waals surface area contributed by atoms with Crippen molar-refractivity contribution in [1.82, 2.24) is 9.97 Å². The largest absolute Gasteiger partial charge is 0.310 e. The lowest BCUT2D eigenvalue weighted by atomic mass is 9.96. The molecule has 0 unspecified atom stereocenters. The van der Waals surface area contributed by atoms with Crippen LogP contribution in [0.25, 0.3) is 109 Å². The second kappa shape index (κ2) is 15.0. The highest BCUT2D eigenvalue weighted by Gasteiger charge is 2.16. The first kappa shape index (κ1) is 36.9. The van der Waals surface area contributed by atoms with Gasteiger partial charge in [0.2, 0.25) is 0 Å². The molecule has 3 heteroatoms. The van der Waals surface area contributed by atoms with E-state index < -0.39 is 0 Å². The third-order valence-electron chi connectivity index (χ3n) is 13.3. The highest BCUT2D eigenvalue weighted by Crippen LogP contribution is 2.41. The molecule has 0 atom stereocenters. The van der Waals surface area contributed by atoms with Crippen LogP contribution in [-0.4, -0.2) is 9.97 Å². The number of pyridine rings is 2. The number of hydrogen-bond acceptors (Lipinski definition) is 3. The molecule has 2 heterocycles. The van der Waals surface area contributed by atoms with Gasteiger partial charge in [0.25, 0.3) is 0 Å². The second-order valence-electron chi connectivity index (χ2n) is 17.1. The smallest absolute Gasteiger partial charge is 0.0708 e. The predicted octanol–water partition coefficient (Wildman–Crippen LogP) is 17.0. The van der Waals surface area contributed by atoms with E-state index in [9.17, 15) is 0 Å². The Balaban J connectivity index is 0.895. The summed E-state index contributed by atoms with van der Waals surface area (Å²) in [7, 11) is 0. The van der Waals surface area contributed by atoms with Crippen molar-refractivity contribution in [3.8, 4) is 33.4 Å². The third-order valence-corrected chi connectivity index (χ3v) is 13.3. The van der Waals surface area contributed by atoms with Gasteiger partial charge in [-0.25, -0.2) is 0 Å². The number of rotatable bonds is 6. The van der Waals surface area contributed by atoms with Crippen molar-refractivity contribution in [2.75, 3.05) is 4.90 Å². The van der Waals surface area contributed by atoms with Gasteiger partial charge < -0.3 is 4.90 Å². The van der Waals surface area contributed by atoms with Crippen LogP contribution in [0.3, 0.4) is 0 Å². The summed E-state index contributed by atoms with van der Waals surface area (Å²) in [6, 6.07) is 81.7. The molecule has 0 spiro atoms. The summed E-state index contributed by atoms with van der Waals surface area (Å²) in [5.41, 5.74) is 12.4. The normalized spacial score (nSPS) is 11.7. The molecule has 13 rings (SSSR count). The van der Waals surface area contributed by atoms with E-state index in [2.05, 4.69) is 229 Å². The average molecular weight is 826 g/mol. The van der Waals surface area contributed by atoms with Gasteiger partial charge in [-0.15, -0.1) is 0 Å². The predicted molar refractivity (Wildman–Crippen MR) is 276 cm³/mol. The summed E-state index contributed by atoms with van der Waals surface area (Å²) in [6.07, 6.45) is 3.93. The molecule has 0 aliphatic carbocycles. The van der Waals surface area contributed by atoms with Crippen molar-refractivity contribution in [2.45, 2.75) is 0 Å². The van der Waals surface area contributed by atoms with Crippen LogP contribution in [0.4, 0.5) is 17.1 Å². The van der Waals surface area contributed by atoms with E-state index in [0.717, 1.165) is 71.9 Å². The number of hydrogen-bond donors (Lipinski definition) is 0. The van der Waals surface area contributed by atoms with Crippen molar-refractivity contribution in [2.24, 2.45) is 0 Å². The highest BCUT2D eigenvalue weighted by atomic mass is 15.1. The van der Waals surface area contributed by atoms with E-state index in [1.807, 2.05) is 12.4 Å².